The summed E-state index contributed by atoms with van der Waals surface area (Å²) in [5.74, 6) is 2.65. The van der Waals surface area contributed by atoms with Crippen molar-refractivity contribution in [2.24, 2.45) is 0 Å². The molecule has 0 fully saturated rings. The molecule has 18 heavy (non-hydrogen) atoms. The van der Waals surface area contributed by atoms with E-state index in [9.17, 15) is 0 Å². The molecule has 2 nitrogen and oxygen atoms in total. The standard InChI is InChI=1S/C15H21BrN2/c1-5-8-18(4)11-14-7-6-13(9-15(14)16)10-17-12(2)3/h1,6-7,9,12,17H,8,10-11H2,2-4H3. The number of rotatable bonds is 6. The Morgan fingerprint density at radius 2 is 2.17 bits per heavy atom. The van der Waals surface area contributed by atoms with Gasteiger partial charge in [-0.1, -0.05) is 47.8 Å². The molecule has 1 N–H and O–H groups in total. The molecule has 0 amide bonds. The zero-order valence-corrected chi connectivity index (χ0v) is 12.9. The molecule has 1 rings (SSSR count). The number of nitrogens with zero attached hydrogens (tertiary/aromatic N) is 1. The molecule has 0 spiro atoms. The van der Waals surface area contributed by atoms with Crippen LogP contribution in [0, 0.1) is 12.3 Å². The maximum Gasteiger partial charge on any atom is 0.0599 e. The van der Waals surface area contributed by atoms with E-state index in [1.807, 2.05) is 7.05 Å². The minimum absolute atomic E-state index is 0.505. The Labute approximate surface area is 119 Å². The van der Waals surface area contributed by atoms with Crippen molar-refractivity contribution in [3.05, 3.63) is 33.8 Å². The van der Waals surface area contributed by atoms with Crippen molar-refractivity contribution >= 4 is 15.9 Å². The van der Waals surface area contributed by atoms with Gasteiger partial charge in [-0.3, -0.25) is 4.90 Å². The van der Waals surface area contributed by atoms with Gasteiger partial charge in [-0.2, -0.15) is 0 Å². The topological polar surface area (TPSA) is 15.3 Å². The summed E-state index contributed by atoms with van der Waals surface area (Å²) < 4.78 is 1.15. The second kappa shape index (κ2) is 7.58. The van der Waals surface area contributed by atoms with Crippen molar-refractivity contribution < 1.29 is 0 Å². The Balaban J connectivity index is 2.65. The third kappa shape index (κ3) is 5.22. The van der Waals surface area contributed by atoms with E-state index in [0.717, 1.165) is 17.6 Å². The first-order valence-electron chi connectivity index (χ1n) is 6.15. The first kappa shape index (κ1) is 15.2. The molecule has 0 aromatic heterocycles. The Morgan fingerprint density at radius 1 is 1.44 bits per heavy atom. The second-order valence-electron chi connectivity index (χ2n) is 4.84. The maximum atomic E-state index is 5.30. The average molecular weight is 309 g/mol. The van der Waals surface area contributed by atoms with Crippen LogP contribution in [0.15, 0.2) is 22.7 Å². The minimum atomic E-state index is 0.505. The predicted octanol–water partition coefficient (Wildman–Crippen LogP) is 3.01. The van der Waals surface area contributed by atoms with Crippen molar-refractivity contribution in [2.75, 3.05) is 13.6 Å². The van der Waals surface area contributed by atoms with E-state index >= 15 is 0 Å². The number of halogens is 1. The van der Waals surface area contributed by atoms with Crippen molar-refractivity contribution in [1.29, 1.82) is 0 Å². The third-order valence-corrected chi connectivity index (χ3v) is 3.37. The lowest BCUT2D eigenvalue weighted by Crippen LogP contribution is -2.22. The Bertz CT molecular complexity index is 421. The predicted molar refractivity (Wildman–Crippen MR) is 81.3 cm³/mol. The highest BCUT2D eigenvalue weighted by atomic mass is 79.9. The first-order chi connectivity index (χ1) is 8.52. The van der Waals surface area contributed by atoms with Gasteiger partial charge in [0, 0.05) is 23.6 Å². The summed E-state index contributed by atoms with van der Waals surface area (Å²) in [6.07, 6.45) is 5.30. The van der Waals surface area contributed by atoms with Gasteiger partial charge in [0.1, 0.15) is 0 Å². The van der Waals surface area contributed by atoms with E-state index < -0.39 is 0 Å². The number of nitrogens with one attached hydrogen (secondary N) is 1. The van der Waals surface area contributed by atoms with Gasteiger partial charge in [-0.05, 0) is 24.2 Å². The van der Waals surface area contributed by atoms with Gasteiger partial charge in [-0.25, -0.2) is 0 Å². The van der Waals surface area contributed by atoms with E-state index in [1.54, 1.807) is 0 Å². The Morgan fingerprint density at radius 3 is 2.72 bits per heavy atom. The molecule has 98 valence electrons. The molecule has 1 aromatic rings. The van der Waals surface area contributed by atoms with E-state index in [2.05, 4.69) is 64.1 Å². The van der Waals surface area contributed by atoms with Crippen LogP contribution in [0.1, 0.15) is 25.0 Å². The van der Waals surface area contributed by atoms with Gasteiger partial charge in [0.25, 0.3) is 0 Å². The van der Waals surface area contributed by atoms with Crippen LogP contribution in [0.2, 0.25) is 0 Å². The van der Waals surface area contributed by atoms with Crippen LogP contribution in [0.5, 0.6) is 0 Å². The normalized spacial score (nSPS) is 10.9. The molecule has 0 saturated heterocycles. The average Bonchev–Trinajstić information content (AvgIpc) is 2.30. The molecule has 0 aliphatic carbocycles. The lowest BCUT2D eigenvalue weighted by Gasteiger charge is -2.15. The summed E-state index contributed by atoms with van der Waals surface area (Å²) in [4.78, 5) is 2.12. The van der Waals surface area contributed by atoms with E-state index in [-0.39, 0.29) is 0 Å². The molecule has 1 aromatic carbocycles. The molecule has 0 bridgehead atoms. The second-order valence-corrected chi connectivity index (χ2v) is 5.69. The summed E-state index contributed by atoms with van der Waals surface area (Å²) in [5, 5.41) is 3.41. The van der Waals surface area contributed by atoms with E-state index in [4.69, 9.17) is 6.42 Å². The summed E-state index contributed by atoms with van der Waals surface area (Å²) in [6, 6.07) is 7.01. The van der Waals surface area contributed by atoms with Crippen molar-refractivity contribution in [3.63, 3.8) is 0 Å². The molecule has 0 aliphatic rings. The number of hydrogen-bond donors (Lipinski definition) is 1. The van der Waals surface area contributed by atoms with Crippen LogP contribution in [0.25, 0.3) is 0 Å². The molecule has 0 atom stereocenters. The minimum Gasteiger partial charge on any atom is -0.310 e. The molecule has 0 heterocycles. The SMILES string of the molecule is C#CCN(C)Cc1ccc(CNC(C)C)cc1Br. The van der Waals surface area contributed by atoms with Gasteiger partial charge >= 0.3 is 0 Å². The Hall–Kier alpha value is -0.820. The fraction of sp³-hybridized carbons (Fsp3) is 0.467. The molecule has 0 radical (unpaired) electrons. The monoisotopic (exact) mass is 308 g/mol. The quantitative estimate of drug-likeness (QED) is 0.813. The lowest BCUT2D eigenvalue weighted by atomic mass is 10.1. The fourth-order valence-corrected chi connectivity index (χ4v) is 2.21. The highest BCUT2D eigenvalue weighted by molar-refractivity contribution is 9.10. The fourth-order valence-electron chi connectivity index (χ4n) is 1.65. The molecule has 0 unspecified atom stereocenters. The number of terminal acetylenes is 1. The third-order valence-electron chi connectivity index (χ3n) is 2.63. The summed E-state index contributed by atoms with van der Waals surface area (Å²) in [7, 11) is 2.03. The molecule has 0 aliphatic heterocycles. The van der Waals surface area contributed by atoms with Crippen LogP contribution in [0.4, 0.5) is 0 Å². The lowest BCUT2D eigenvalue weighted by molar-refractivity contribution is 0.368. The van der Waals surface area contributed by atoms with Gasteiger partial charge in [-0.15, -0.1) is 6.42 Å². The zero-order valence-electron chi connectivity index (χ0n) is 11.3. The van der Waals surface area contributed by atoms with E-state index in [0.29, 0.717) is 12.6 Å². The van der Waals surface area contributed by atoms with Gasteiger partial charge < -0.3 is 5.32 Å². The molecule has 0 saturated carbocycles. The molecule has 3 heteroatoms. The van der Waals surface area contributed by atoms with Gasteiger partial charge in [0.15, 0.2) is 0 Å². The highest BCUT2D eigenvalue weighted by Crippen LogP contribution is 2.20. The van der Waals surface area contributed by atoms with Crippen LogP contribution in [-0.4, -0.2) is 24.5 Å². The van der Waals surface area contributed by atoms with Crippen molar-refractivity contribution in [2.45, 2.75) is 33.0 Å². The van der Waals surface area contributed by atoms with E-state index in [1.165, 1.54) is 11.1 Å². The maximum absolute atomic E-state index is 5.30. The van der Waals surface area contributed by atoms with Crippen LogP contribution in [0.3, 0.4) is 0 Å². The van der Waals surface area contributed by atoms with Crippen LogP contribution in [-0.2, 0) is 13.1 Å². The molecular formula is C15H21BrN2. The molecular weight excluding hydrogens is 288 g/mol. The van der Waals surface area contributed by atoms with Crippen molar-refractivity contribution in [1.82, 2.24) is 10.2 Å². The summed E-state index contributed by atoms with van der Waals surface area (Å²) in [6.45, 7) is 6.74. The first-order valence-corrected chi connectivity index (χ1v) is 6.95. The van der Waals surface area contributed by atoms with Crippen molar-refractivity contribution in [3.8, 4) is 12.3 Å². The zero-order chi connectivity index (χ0) is 13.5. The summed E-state index contributed by atoms with van der Waals surface area (Å²) in [5.41, 5.74) is 2.56. The summed E-state index contributed by atoms with van der Waals surface area (Å²) >= 11 is 3.63. The highest BCUT2D eigenvalue weighted by Gasteiger charge is 2.05. The Kier molecular flexibility index (Phi) is 6.42. The van der Waals surface area contributed by atoms with Gasteiger partial charge in [0.2, 0.25) is 0 Å². The van der Waals surface area contributed by atoms with Crippen LogP contribution >= 0.6 is 15.9 Å². The smallest absolute Gasteiger partial charge is 0.0599 e. The number of benzene rings is 1. The number of hydrogen-bond acceptors (Lipinski definition) is 2. The van der Waals surface area contributed by atoms with Gasteiger partial charge in [0.05, 0.1) is 6.54 Å². The van der Waals surface area contributed by atoms with Crippen LogP contribution < -0.4 is 5.32 Å². The largest absolute Gasteiger partial charge is 0.310 e.